The molecule has 0 saturated carbocycles. The van der Waals surface area contributed by atoms with Crippen LogP contribution in [0.4, 0.5) is 0 Å². The first-order chi connectivity index (χ1) is 35.0. The Balaban J connectivity index is -0.000000272. The first-order valence-corrected chi connectivity index (χ1v) is 35.7. The van der Waals surface area contributed by atoms with Gasteiger partial charge in [0.1, 0.15) is 0 Å². The second kappa shape index (κ2) is 60.0. The predicted octanol–water partition coefficient (Wildman–Crippen LogP) is 15.3. The van der Waals surface area contributed by atoms with Crippen molar-refractivity contribution in [3.05, 3.63) is 0 Å². The minimum atomic E-state index is -6.00. The summed E-state index contributed by atoms with van der Waals surface area (Å²) in [5.41, 5.74) is 0. The van der Waals surface area contributed by atoms with Gasteiger partial charge in [-0.1, -0.05) is 214 Å². The van der Waals surface area contributed by atoms with Gasteiger partial charge in [-0.3, -0.25) is 0 Å². The Morgan fingerprint density at radius 2 is 0.219 bits per heavy atom. The fourth-order valence-electron chi connectivity index (χ4n) is 10.6. The molecule has 0 radical (unpaired) electrons. The van der Waals surface area contributed by atoms with Crippen molar-refractivity contribution < 1.29 is 50.8 Å². The van der Waals surface area contributed by atoms with Crippen LogP contribution in [0.15, 0.2) is 0 Å². The molecule has 0 aromatic carbocycles. The normalized spacial score (nSPS) is 12.0. The number of hydrogen-bond donors (Lipinski definition) is 0. The summed E-state index contributed by atoms with van der Waals surface area (Å²) < 4.78 is 40.2. The molecule has 0 bridgehead atoms. The molecule has 0 fully saturated rings. The third kappa shape index (κ3) is 55.5. The number of hydrogen-bond acceptors (Lipinski definition) is 4. The van der Waals surface area contributed by atoms with Crippen molar-refractivity contribution in [1.29, 1.82) is 0 Å². The molecule has 0 aliphatic rings. The Hall–Kier alpha value is 0.394. The molecule has 0 spiro atoms. The van der Waals surface area contributed by atoms with Gasteiger partial charge in [0.2, 0.25) is 0 Å². The quantitative estimate of drug-likeness (QED) is 0.0448. The molecule has 448 valence electrons. The molecule has 0 atom stereocenters. The van der Waals surface area contributed by atoms with Gasteiger partial charge in [-0.05, 0) is 103 Å². The monoisotopic (exact) mass is 1080 g/mol. The van der Waals surface area contributed by atoms with Gasteiger partial charge in [-0.25, -0.2) is 0 Å². The van der Waals surface area contributed by atoms with Crippen molar-refractivity contribution >= 4 is 0 Å². The molecule has 0 aromatic heterocycles. The van der Waals surface area contributed by atoms with Crippen molar-refractivity contribution in [3.63, 3.8) is 0 Å². The Morgan fingerprint density at radius 1 is 0.164 bits per heavy atom. The van der Waals surface area contributed by atoms with Crippen LogP contribution >= 0.6 is 0 Å². The van der Waals surface area contributed by atoms with E-state index in [1.165, 1.54) is 328 Å². The molecule has 0 aliphatic heterocycles. The van der Waals surface area contributed by atoms with Gasteiger partial charge < -0.3 is 17.9 Å². The molecule has 0 saturated heterocycles. The van der Waals surface area contributed by atoms with Crippen molar-refractivity contribution in [2.75, 3.05) is 105 Å². The second-order valence-corrected chi connectivity index (χ2v) is 24.7. The van der Waals surface area contributed by atoms with Gasteiger partial charge in [-0.15, -0.1) is 0 Å². The Bertz CT molecular complexity index is 715. The number of quaternary nitrogens is 4. The molecule has 0 N–H and O–H groups in total. The summed E-state index contributed by atoms with van der Waals surface area (Å²) in [6, 6.07) is 0. The summed E-state index contributed by atoms with van der Waals surface area (Å²) in [7, 11) is 0. The molecule has 8 nitrogen and oxygen atoms in total. The Labute approximate surface area is 469 Å². The van der Waals surface area contributed by atoms with Gasteiger partial charge in [0.05, 0.1) is 105 Å². The third-order valence-corrected chi connectivity index (χ3v) is 15.8. The van der Waals surface area contributed by atoms with Gasteiger partial charge in [0.25, 0.3) is 0 Å². The van der Waals surface area contributed by atoms with Crippen LogP contribution in [-0.2, 0) is 18.1 Å². The summed E-state index contributed by atoms with van der Waals surface area (Å²) >= 11 is -6.00. The van der Waals surface area contributed by atoms with Gasteiger partial charge in [0, 0.05) is 0 Å². The molecule has 0 aromatic rings. The van der Waals surface area contributed by atoms with E-state index in [2.05, 4.69) is 111 Å². The fourth-order valence-corrected chi connectivity index (χ4v) is 10.6. The van der Waals surface area contributed by atoms with Gasteiger partial charge >= 0.3 is 32.9 Å². The number of unbranched alkanes of at least 4 members (excludes halogenated alkanes) is 16. The summed E-state index contributed by atoms with van der Waals surface area (Å²) in [5, 5.41) is 0. The zero-order valence-electron chi connectivity index (χ0n) is 53.9. The molecule has 0 rings (SSSR count). The number of nitrogens with zero attached hydrogens (tertiary/aromatic N) is 4. The standard InChI is InChI=1S/4C16H36N.4O.Ti/c4*1-5-9-13-17(14-10-6-2,15-11-7-3)16-12-8-4;;;;;/h4*5-16H2,1-4H3;;;;;/q4*+1;4*-1;. The average molecular weight is 1080 g/mol. The fraction of sp³-hybridized carbons (Fsp3) is 1.00. The van der Waals surface area contributed by atoms with Crippen molar-refractivity contribution in [2.24, 2.45) is 0 Å². The van der Waals surface area contributed by atoms with Crippen LogP contribution in [0.25, 0.3) is 0 Å². The summed E-state index contributed by atoms with van der Waals surface area (Å²) in [6.07, 6.45) is 44.2. The number of rotatable bonds is 48. The molecule has 0 unspecified atom stereocenters. The van der Waals surface area contributed by atoms with E-state index < -0.39 is 18.1 Å². The second-order valence-electron chi connectivity index (χ2n) is 23.1. The van der Waals surface area contributed by atoms with E-state index >= 15 is 0 Å². The average Bonchev–Trinajstić information content (AvgIpc) is 3.39. The van der Waals surface area contributed by atoms with E-state index in [1.54, 1.807) is 0 Å². The third-order valence-electron chi connectivity index (χ3n) is 15.8. The summed E-state index contributed by atoms with van der Waals surface area (Å²) in [6.45, 7) is 60.1. The van der Waals surface area contributed by atoms with E-state index in [1.807, 2.05) is 0 Å². The van der Waals surface area contributed by atoms with E-state index in [0.29, 0.717) is 0 Å². The molecule has 73 heavy (non-hydrogen) atoms. The summed E-state index contributed by atoms with van der Waals surface area (Å²) in [4.78, 5) is 0. The van der Waals surface area contributed by atoms with Crippen molar-refractivity contribution in [1.82, 2.24) is 0 Å². The van der Waals surface area contributed by atoms with Crippen LogP contribution in [0.1, 0.15) is 316 Å². The topological polar surface area (TPSA) is 92.2 Å². The van der Waals surface area contributed by atoms with Crippen LogP contribution in [0.5, 0.6) is 0 Å². The molecular weight excluding hydrogens is 937 g/mol. The Morgan fingerprint density at radius 3 is 0.260 bits per heavy atom. The van der Waals surface area contributed by atoms with Crippen LogP contribution in [0.2, 0.25) is 0 Å². The first kappa shape index (κ1) is 82.2. The molecule has 0 amide bonds. The van der Waals surface area contributed by atoms with E-state index in [0.717, 1.165) is 0 Å². The predicted molar refractivity (Wildman–Crippen MR) is 317 cm³/mol. The van der Waals surface area contributed by atoms with Crippen molar-refractivity contribution in [2.45, 2.75) is 316 Å². The SMILES string of the molecule is CCCC[N+](CCCC)(CCCC)CCCC.CCCC[N+](CCCC)(CCCC)CCCC.CCCC[N+](CCCC)(CCCC)CCCC.CCCC[N+](CCCC)(CCCC)CCCC.[O-][Ti]([O-])([O-])[O-]. The van der Waals surface area contributed by atoms with Crippen LogP contribution in [-0.4, -0.2) is 123 Å². The molecule has 0 aliphatic carbocycles. The van der Waals surface area contributed by atoms with E-state index in [9.17, 15) is 0 Å². The molecule has 9 heteroatoms. The molecule has 0 heterocycles. The van der Waals surface area contributed by atoms with Crippen LogP contribution < -0.4 is 14.8 Å². The van der Waals surface area contributed by atoms with Crippen LogP contribution in [0.3, 0.4) is 0 Å². The first-order valence-electron chi connectivity index (χ1n) is 33.2. The maximum atomic E-state index is 8.62. The molecular formula is C64H144N4O4Ti. The Kier molecular flexibility index (Phi) is 67.6. The maximum absolute atomic E-state index is 8.62. The van der Waals surface area contributed by atoms with Gasteiger partial charge in [0.15, 0.2) is 0 Å². The van der Waals surface area contributed by atoms with E-state index in [4.69, 9.17) is 14.8 Å². The zero-order valence-corrected chi connectivity index (χ0v) is 55.4. The minimum absolute atomic E-state index is 1.35. The van der Waals surface area contributed by atoms with Gasteiger partial charge in [-0.2, -0.15) is 0 Å². The van der Waals surface area contributed by atoms with Crippen molar-refractivity contribution in [3.8, 4) is 0 Å². The van der Waals surface area contributed by atoms with E-state index in [-0.39, 0.29) is 0 Å². The zero-order chi connectivity index (χ0) is 56.4. The van der Waals surface area contributed by atoms with Crippen LogP contribution in [0, 0.1) is 0 Å². The summed E-state index contributed by atoms with van der Waals surface area (Å²) in [5.74, 6) is 0.